The zero-order valence-corrected chi connectivity index (χ0v) is 19.7. The SMILES string of the molecule is COc1cc(/C=C2\SC(=O)N(Cc3ccccc3Br)C2=O)ccc1OCC(=O)NC1CC1. The molecular weight excluding hydrogens is 496 g/mol. The molecule has 2 fully saturated rings. The highest BCUT2D eigenvalue weighted by Gasteiger charge is 2.35. The molecule has 1 heterocycles. The fourth-order valence-electron chi connectivity index (χ4n) is 3.12. The first-order valence-corrected chi connectivity index (χ1v) is 11.6. The molecule has 0 unspecified atom stereocenters. The van der Waals surface area contributed by atoms with E-state index in [1.807, 2.05) is 24.3 Å². The molecule has 2 aromatic rings. The van der Waals surface area contributed by atoms with Crippen molar-refractivity contribution in [3.63, 3.8) is 0 Å². The molecule has 1 aliphatic heterocycles. The van der Waals surface area contributed by atoms with E-state index in [1.54, 1.807) is 24.3 Å². The van der Waals surface area contributed by atoms with Crippen LogP contribution in [0.2, 0.25) is 0 Å². The van der Waals surface area contributed by atoms with Crippen LogP contribution in [-0.4, -0.2) is 41.7 Å². The van der Waals surface area contributed by atoms with Crippen molar-refractivity contribution in [2.75, 3.05) is 13.7 Å². The number of rotatable bonds is 8. The minimum absolute atomic E-state index is 0.0971. The first kappa shape index (κ1) is 22.4. The van der Waals surface area contributed by atoms with Crippen molar-refractivity contribution in [1.29, 1.82) is 0 Å². The predicted molar refractivity (Wildman–Crippen MR) is 125 cm³/mol. The van der Waals surface area contributed by atoms with Gasteiger partial charge in [0.15, 0.2) is 18.1 Å². The lowest BCUT2D eigenvalue weighted by atomic mass is 10.1. The van der Waals surface area contributed by atoms with Crippen molar-refractivity contribution >= 4 is 50.8 Å². The minimum Gasteiger partial charge on any atom is -0.493 e. The monoisotopic (exact) mass is 516 g/mol. The maximum Gasteiger partial charge on any atom is 0.293 e. The van der Waals surface area contributed by atoms with Gasteiger partial charge >= 0.3 is 0 Å². The summed E-state index contributed by atoms with van der Waals surface area (Å²) in [5, 5.41) is 2.55. The summed E-state index contributed by atoms with van der Waals surface area (Å²) in [6.45, 7) is 0.0998. The maximum absolute atomic E-state index is 12.8. The lowest BCUT2D eigenvalue weighted by molar-refractivity contribution is -0.124. The number of hydrogen-bond acceptors (Lipinski definition) is 6. The second kappa shape index (κ2) is 9.79. The Balaban J connectivity index is 1.45. The van der Waals surface area contributed by atoms with Gasteiger partial charge in [0, 0.05) is 10.5 Å². The van der Waals surface area contributed by atoms with Crippen LogP contribution in [0.25, 0.3) is 6.08 Å². The largest absolute Gasteiger partial charge is 0.493 e. The van der Waals surface area contributed by atoms with Crippen LogP contribution < -0.4 is 14.8 Å². The molecular formula is C23H21BrN2O5S. The topological polar surface area (TPSA) is 84.9 Å². The number of carbonyl (C=O) groups excluding carboxylic acids is 3. The normalized spacial score (nSPS) is 17.1. The fraction of sp³-hybridized carbons (Fsp3) is 0.261. The van der Waals surface area contributed by atoms with E-state index in [9.17, 15) is 14.4 Å². The zero-order chi connectivity index (χ0) is 22.7. The molecule has 32 heavy (non-hydrogen) atoms. The molecule has 166 valence electrons. The summed E-state index contributed by atoms with van der Waals surface area (Å²) in [7, 11) is 1.50. The number of thioether (sulfide) groups is 1. The van der Waals surface area contributed by atoms with Crippen LogP contribution in [0.3, 0.4) is 0 Å². The third kappa shape index (κ3) is 5.34. The molecule has 3 amide bonds. The number of imide groups is 1. The second-order valence-corrected chi connectivity index (χ2v) is 9.25. The van der Waals surface area contributed by atoms with E-state index in [1.165, 1.54) is 12.0 Å². The summed E-state index contributed by atoms with van der Waals surface area (Å²) >= 11 is 4.35. The number of hydrogen-bond donors (Lipinski definition) is 1. The highest BCUT2D eigenvalue weighted by atomic mass is 79.9. The Morgan fingerprint density at radius 1 is 1.22 bits per heavy atom. The Labute approximate surface area is 198 Å². The molecule has 0 radical (unpaired) electrons. The quantitative estimate of drug-likeness (QED) is 0.525. The van der Waals surface area contributed by atoms with Gasteiger partial charge in [-0.15, -0.1) is 0 Å². The molecule has 0 spiro atoms. The van der Waals surface area contributed by atoms with Gasteiger partial charge in [0.2, 0.25) is 0 Å². The predicted octanol–water partition coefficient (Wildman–Crippen LogP) is 4.35. The van der Waals surface area contributed by atoms with Gasteiger partial charge in [0.1, 0.15) is 0 Å². The van der Waals surface area contributed by atoms with Crippen molar-refractivity contribution in [1.82, 2.24) is 10.2 Å². The molecule has 2 aliphatic rings. The lowest BCUT2D eigenvalue weighted by Crippen LogP contribution is -2.30. The summed E-state index contributed by atoms with van der Waals surface area (Å²) in [4.78, 5) is 38.7. The van der Waals surface area contributed by atoms with Gasteiger partial charge in [0.05, 0.1) is 18.6 Å². The van der Waals surface area contributed by atoms with Gasteiger partial charge in [-0.1, -0.05) is 40.2 Å². The number of nitrogens with zero attached hydrogens (tertiary/aromatic N) is 1. The molecule has 2 aromatic carbocycles. The van der Waals surface area contributed by atoms with E-state index in [0.717, 1.165) is 34.6 Å². The van der Waals surface area contributed by atoms with Crippen LogP contribution in [-0.2, 0) is 16.1 Å². The molecule has 9 heteroatoms. The number of ether oxygens (including phenoxy) is 2. The standard InChI is InChI=1S/C23H21BrN2O5S/c1-30-19-10-14(6-9-18(19)31-13-21(27)25-16-7-8-16)11-20-22(28)26(23(29)32-20)12-15-4-2-3-5-17(15)24/h2-6,9-11,16H,7-8,12-13H2,1H3,(H,25,27)/b20-11-. The Morgan fingerprint density at radius 2 is 2.00 bits per heavy atom. The number of methoxy groups -OCH3 is 1. The smallest absolute Gasteiger partial charge is 0.293 e. The van der Waals surface area contributed by atoms with Gasteiger partial charge in [-0.2, -0.15) is 0 Å². The van der Waals surface area contributed by atoms with E-state index in [-0.39, 0.29) is 36.2 Å². The van der Waals surface area contributed by atoms with Gasteiger partial charge < -0.3 is 14.8 Å². The number of carbonyl (C=O) groups is 3. The van der Waals surface area contributed by atoms with Gasteiger partial charge in [-0.25, -0.2) is 0 Å². The Bertz CT molecular complexity index is 1100. The second-order valence-electron chi connectivity index (χ2n) is 7.40. The van der Waals surface area contributed by atoms with Gasteiger partial charge in [-0.3, -0.25) is 19.3 Å². The third-order valence-electron chi connectivity index (χ3n) is 4.95. The van der Waals surface area contributed by atoms with E-state index < -0.39 is 0 Å². The zero-order valence-electron chi connectivity index (χ0n) is 17.3. The van der Waals surface area contributed by atoms with Crippen LogP contribution in [0.15, 0.2) is 51.8 Å². The van der Waals surface area contributed by atoms with E-state index in [4.69, 9.17) is 9.47 Å². The molecule has 0 atom stereocenters. The van der Waals surface area contributed by atoms with Crippen LogP contribution in [0.1, 0.15) is 24.0 Å². The maximum atomic E-state index is 12.8. The van der Waals surface area contributed by atoms with Gasteiger partial charge in [-0.05, 0) is 60.0 Å². The van der Waals surface area contributed by atoms with Crippen LogP contribution >= 0.6 is 27.7 Å². The molecule has 1 saturated heterocycles. The fourth-order valence-corrected chi connectivity index (χ4v) is 4.37. The van der Waals surface area contributed by atoms with Gasteiger partial charge in [0.25, 0.3) is 17.1 Å². The van der Waals surface area contributed by atoms with Crippen molar-refractivity contribution in [2.24, 2.45) is 0 Å². The van der Waals surface area contributed by atoms with Crippen molar-refractivity contribution in [3.05, 3.63) is 63.0 Å². The molecule has 0 bridgehead atoms. The molecule has 1 aliphatic carbocycles. The highest BCUT2D eigenvalue weighted by molar-refractivity contribution is 9.10. The molecule has 1 N–H and O–H groups in total. The number of nitrogens with one attached hydrogen (secondary N) is 1. The summed E-state index contributed by atoms with van der Waals surface area (Å²) in [6.07, 6.45) is 3.67. The van der Waals surface area contributed by atoms with E-state index in [0.29, 0.717) is 22.0 Å². The van der Waals surface area contributed by atoms with Crippen molar-refractivity contribution in [2.45, 2.75) is 25.4 Å². The Hall–Kier alpha value is -2.78. The summed E-state index contributed by atoms with van der Waals surface area (Å²) < 4.78 is 11.8. The van der Waals surface area contributed by atoms with E-state index >= 15 is 0 Å². The number of benzene rings is 2. The Morgan fingerprint density at radius 3 is 2.72 bits per heavy atom. The third-order valence-corrected chi connectivity index (χ3v) is 6.63. The lowest BCUT2D eigenvalue weighted by Gasteiger charge is -2.13. The minimum atomic E-state index is -0.341. The summed E-state index contributed by atoms with van der Waals surface area (Å²) in [5.41, 5.74) is 1.54. The average Bonchev–Trinajstić information content (AvgIpc) is 3.56. The van der Waals surface area contributed by atoms with Crippen molar-refractivity contribution < 1.29 is 23.9 Å². The summed E-state index contributed by atoms with van der Waals surface area (Å²) in [6, 6.07) is 12.9. The first-order chi connectivity index (χ1) is 15.4. The van der Waals surface area contributed by atoms with Crippen LogP contribution in [0.5, 0.6) is 11.5 Å². The van der Waals surface area contributed by atoms with Crippen LogP contribution in [0.4, 0.5) is 4.79 Å². The number of amides is 3. The first-order valence-electron chi connectivity index (χ1n) is 10.0. The number of halogens is 1. The molecule has 4 rings (SSSR count). The molecule has 0 aromatic heterocycles. The molecule has 7 nitrogen and oxygen atoms in total. The van der Waals surface area contributed by atoms with E-state index in [2.05, 4.69) is 21.2 Å². The van der Waals surface area contributed by atoms with Crippen molar-refractivity contribution in [3.8, 4) is 11.5 Å². The van der Waals surface area contributed by atoms with Crippen LogP contribution in [0, 0.1) is 0 Å². The average molecular weight is 517 g/mol. The molecule has 1 saturated carbocycles. The highest BCUT2D eigenvalue weighted by Crippen LogP contribution is 2.36. The Kier molecular flexibility index (Phi) is 6.86. The summed E-state index contributed by atoms with van der Waals surface area (Å²) in [5.74, 6) is 0.354.